The molecule has 0 saturated heterocycles. The summed E-state index contributed by atoms with van der Waals surface area (Å²) in [5, 5.41) is 3.14. The van der Waals surface area contributed by atoms with Crippen molar-refractivity contribution in [2.75, 3.05) is 33.5 Å². The smallest absolute Gasteiger partial charge is 0.242 e. The van der Waals surface area contributed by atoms with Gasteiger partial charge in [0.2, 0.25) is 5.91 Å². The van der Waals surface area contributed by atoms with Gasteiger partial charge in [0, 0.05) is 20.1 Å². The number of nitrogens with two attached hydrogens (primary N) is 1. The third kappa shape index (κ3) is 3.46. The van der Waals surface area contributed by atoms with E-state index in [-0.39, 0.29) is 0 Å². The van der Waals surface area contributed by atoms with E-state index in [1.54, 1.807) is 14.0 Å². The standard InChI is InChI=1S/C15H22N2O4/c1-15(14(16)18,17-6-9-19-2)11-4-5-12-13(10-11)21-8-3-7-20-12/h4-5,10,17H,3,6-9H2,1-2H3,(H2,16,18). The van der Waals surface area contributed by atoms with Crippen LogP contribution in [-0.4, -0.2) is 39.4 Å². The summed E-state index contributed by atoms with van der Waals surface area (Å²) in [5.41, 5.74) is 5.34. The molecule has 21 heavy (non-hydrogen) atoms. The van der Waals surface area contributed by atoms with E-state index in [2.05, 4.69) is 5.32 Å². The van der Waals surface area contributed by atoms with Gasteiger partial charge < -0.3 is 19.9 Å². The van der Waals surface area contributed by atoms with Crippen molar-refractivity contribution in [3.63, 3.8) is 0 Å². The van der Waals surface area contributed by atoms with E-state index < -0.39 is 11.4 Å². The topological polar surface area (TPSA) is 82.8 Å². The minimum Gasteiger partial charge on any atom is -0.490 e. The summed E-state index contributed by atoms with van der Waals surface area (Å²) < 4.78 is 16.3. The lowest BCUT2D eigenvalue weighted by atomic mass is 9.90. The molecule has 116 valence electrons. The molecule has 1 atom stereocenters. The van der Waals surface area contributed by atoms with E-state index in [0.29, 0.717) is 37.9 Å². The lowest BCUT2D eigenvalue weighted by Crippen LogP contribution is -2.51. The molecule has 1 aromatic rings. The molecule has 0 radical (unpaired) electrons. The summed E-state index contributed by atoms with van der Waals surface area (Å²) in [5.74, 6) is 0.888. The normalized spacial score (nSPS) is 16.9. The van der Waals surface area contributed by atoms with E-state index in [1.807, 2.05) is 18.2 Å². The van der Waals surface area contributed by atoms with Gasteiger partial charge in [-0.25, -0.2) is 0 Å². The number of primary amides is 1. The summed E-state index contributed by atoms with van der Waals surface area (Å²) in [7, 11) is 1.61. The number of fused-ring (bicyclic) bond motifs is 1. The number of rotatable bonds is 6. The molecule has 1 aliphatic rings. The van der Waals surface area contributed by atoms with Crippen LogP contribution in [0.15, 0.2) is 18.2 Å². The van der Waals surface area contributed by atoms with Crippen molar-refractivity contribution in [3.8, 4) is 11.5 Å². The molecule has 2 rings (SSSR count). The number of carbonyl (C=O) groups excluding carboxylic acids is 1. The first-order valence-electron chi connectivity index (χ1n) is 7.02. The first-order chi connectivity index (χ1) is 10.1. The second-order valence-electron chi connectivity index (χ2n) is 5.12. The lowest BCUT2D eigenvalue weighted by Gasteiger charge is -2.28. The molecule has 6 heteroatoms. The molecular weight excluding hydrogens is 272 g/mol. The van der Waals surface area contributed by atoms with Crippen molar-refractivity contribution in [2.45, 2.75) is 18.9 Å². The Balaban J connectivity index is 2.28. The second kappa shape index (κ2) is 6.78. The Bertz CT molecular complexity index is 506. The second-order valence-corrected chi connectivity index (χ2v) is 5.12. The fourth-order valence-corrected chi connectivity index (χ4v) is 2.21. The van der Waals surface area contributed by atoms with Crippen molar-refractivity contribution in [1.82, 2.24) is 5.32 Å². The van der Waals surface area contributed by atoms with Gasteiger partial charge in [-0.2, -0.15) is 0 Å². The molecule has 0 saturated carbocycles. The van der Waals surface area contributed by atoms with Gasteiger partial charge in [0.15, 0.2) is 11.5 Å². The molecule has 1 aromatic carbocycles. The Morgan fingerprint density at radius 2 is 2.10 bits per heavy atom. The molecule has 3 N–H and O–H groups in total. The van der Waals surface area contributed by atoms with Crippen LogP contribution in [0, 0.1) is 0 Å². The van der Waals surface area contributed by atoms with Crippen LogP contribution in [0.1, 0.15) is 18.9 Å². The van der Waals surface area contributed by atoms with Gasteiger partial charge in [-0.15, -0.1) is 0 Å². The monoisotopic (exact) mass is 294 g/mol. The number of carbonyl (C=O) groups is 1. The Hall–Kier alpha value is -1.79. The molecular formula is C15H22N2O4. The molecule has 0 aliphatic carbocycles. The summed E-state index contributed by atoms with van der Waals surface area (Å²) in [6.45, 7) is 3.99. The number of ether oxygens (including phenoxy) is 3. The molecule has 1 unspecified atom stereocenters. The van der Waals surface area contributed by atoms with Gasteiger partial charge in [-0.05, 0) is 24.6 Å². The minimum atomic E-state index is -0.983. The molecule has 0 fully saturated rings. The van der Waals surface area contributed by atoms with Crippen molar-refractivity contribution >= 4 is 5.91 Å². The number of hydrogen-bond donors (Lipinski definition) is 2. The third-order valence-electron chi connectivity index (χ3n) is 3.60. The zero-order valence-electron chi connectivity index (χ0n) is 12.5. The van der Waals surface area contributed by atoms with Gasteiger partial charge in [-0.3, -0.25) is 10.1 Å². The maximum absolute atomic E-state index is 11.9. The predicted molar refractivity (Wildman–Crippen MR) is 78.5 cm³/mol. The largest absolute Gasteiger partial charge is 0.490 e. The summed E-state index contributed by atoms with van der Waals surface area (Å²) in [6, 6.07) is 5.46. The summed E-state index contributed by atoms with van der Waals surface area (Å²) >= 11 is 0. The van der Waals surface area contributed by atoms with Crippen molar-refractivity contribution in [2.24, 2.45) is 5.73 Å². The Morgan fingerprint density at radius 3 is 2.76 bits per heavy atom. The van der Waals surface area contributed by atoms with Crippen LogP contribution in [0.4, 0.5) is 0 Å². The Kier molecular flexibility index (Phi) is 5.03. The highest BCUT2D eigenvalue weighted by Gasteiger charge is 2.33. The van der Waals surface area contributed by atoms with Gasteiger partial charge in [0.05, 0.1) is 19.8 Å². The first-order valence-corrected chi connectivity index (χ1v) is 7.02. The zero-order chi connectivity index (χ0) is 15.3. The van der Waals surface area contributed by atoms with E-state index in [4.69, 9.17) is 19.9 Å². The lowest BCUT2D eigenvalue weighted by molar-refractivity contribution is -0.124. The van der Waals surface area contributed by atoms with Crippen LogP contribution in [-0.2, 0) is 15.1 Å². The van der Waals surface area contributed by atoms with Crippen LogP contribution in [0.2, 0.25) is 0 Å². The average molecular weight is 294 g/mol. The van der Waals surface area contributed by atoms with Crippen molar-refractivity contribution in [1.29, 1.82) is 0 Å². The molecule has 1 heterocycles. The third-order valence-corrected chi connectivity index (χ3v) is 3.60. The minimum absolute atomic E-state index is 0.451. The van der Waals surface area contributed by atoms with Gasteiger partial charge in [0.25, 0.3) is 0 Å². The molecule has 1 aliphatic heterocycles. The van der Waals surface area contributed by atoms with Crippen LogP contribution in [0.25, 0.3) is 0 Å². The van der Waals surface area contributed by atoms with Crippen LogP contribution >= 0.6 is 0 Å². The zero-order valence-corrected chi connectivity index (χ0v) is 12.5. The van der Waals surface area contributed by atoms with Gasteiger partial charge in [0.1, 0.15) is 5.54 Å². The Morgan fingerprint density at radius 1 is 1.38 bits per heavy atom. The fraction of sp³-hybridized carbons (Fsp3) is 0.533. The van der Waals surface area contributed by atoms with E-state index in [1.165, 1.54) is 0 Å². The quantitative estimate of drug-likeness (QED) is 0.758. The van der Waals surface area contributed by atoms with Crippen LogP contribution < -0.4 is 20.5 Å². The fourth-order valence-electron chi connectivity index (χ4n) is 2.21. The summed E-state index contributed by atoms with van der Waals surface area (Å²) in [4.78, 5) is 11.9. The van der Waals surface area contributed by atoms with Crippen LogP contribution in [0.5, 0.6) is 11.5 Å². The maximum Gasteiger partial charge on any atom is 0.242 e. The Labute approximate surface area is 124 Å². The van der Waals surface area contributed by atoms with E-state index in [0.717, 1.165) is 12.0 Å². The first kappa shape index (κ1) is 15.6. The molecule has 1 amide bonds. The highest BCUT2D eigenvalue weighted by atomic mass is 16.5. The molecule has 0 aromatic heterocycles. The number of nitrogens with one attached hydrogen (secondary N) is 1. The number of amides is 1. The highest BCUT2D eigenvalue weighted by molar-refractivity contribution is 5.86. The van der Waals surface area contributed by atoms with Gasteiger partial charge >= 0.3 is 0 Å². The van der Waals surface area contributed by atoms with Crippen LogP contribution in [0.3, 0.4) is 0 Å². The predicted octanol–water partition coefficient (Wildman–Crippen LogP) is 0.784. The average Bonchev–Trinajstić information content (AvgIpc) is 2.71. The highest BCUT2D eigenvalue weighted by Crippen LogP contribution is 2.34. The SMILES string of the molecule is COCCNC(C)(C(N)=O)c1ccc2c(c1)OCCCO2. The number of benzene rings is 1. The maximum atomic E-state index is 11.9. The number of methoxy groups -OCH3 is 1. The number of hydrogen-bond acceptors (Lipinski definition) is 5. The van der Waals surface area contributed by atoms with Gasteiger partial charge in [-0.1, -0.05) is 6.07 Å². The van der Waals surface area contributed by atoms with Crippen molar-refractivity contribution in [3.05, 3.63) is 23.8 Å². The molecule has 0 spiro atoms. The molecule has 6 nitrogen and oxygen atoms in total. The van der Waals surface area contributed by atoms with Crippen molar-refractivity contribution < 1.29 is 19.0 Å². The molecule has 0 bridgehead atoms. The van der Waals surface area contributed by atoms with E-state index >= 15 is 0 Å². The summed E-state index contributed by atoms with van der Waals surface area (Å²) in [6.07, 6.45) is 0.836. The van der Waals surface area contributed by atoms with E-state index in [9.17, 15) is 4.79 Å².